The number of carbonyl (C=O) groups excluding carboxylic acids is 8. The second-order valence-corrected chi connectivity index (χ2v) is 25.8. The highest BCUT2D eigenvalue weighted by molar-refractivity contribution is 6.24. The van der Waals surface area contributed by atoms with Crippen LogP contribution in [0.1, 0.15) is 191 Å². The van der Waals surface area contributed by atoms with Crippen LogP contribution in [0, 0.1) is 23.7 Å². The number of ether oxygens (including phenoxy) is 7. The van der Waals surface area contributed by atoms with Gasteiger partial charge >= 0.3 is 12.2 Å². The number of primary amides is 2. The van der Waals surface area contributed by atoms with Gasteiger partial charge in [0.1, 0.15) is 12.2 Å². The standard InChI is InChI=1S/C45H72N2O8.C29H40N2O9/c1-8-9-10-11-12-13-14-15-16-17-18-19-20-21-22-25-35-36-27-31(2)28-40(54-7)41(49)33(4)29-34(5)43(55-45(46)52)39(53-6)26-23-24-32(3)44(51)47-37(42(36)50)30-38(35)48;1-15-11-19-25(34)20(14-21(32)27(19)39-7)31-28(35)16(2)9-8-10-22(37-5)26(40-29(30)36)18(4)13-17(3)24(33)23(12-15)38-6/h23-24,26,29-31,33,39-41,43,49H,8-22,25,27-28H2,1-7H3,(H2,46,52)(H,47,51);8-10,13-15,17,22-24,26,33H,11-12H2,1-7H3,(H2,30,36)(H,31,35)/b26-23-,32-24+,34-29+;10-8-,16-9+,18-13+/t31-,33+,39+,40+,41-,43+;15-,17+,22+,23+,24-,26+/m11/s1. The zero-order chi connectivity index (χ0) is 70.9. The van der Waals surface area contributed by atoms with Crippen molar-refractivity contribution in [3.63, 3.8) is 0 Å². The lowest BCUT2D eigenvalue weighted by Gasteiger charge is -2.30. The maximum absolute atomic E-state index is 14.0. The van der Waals surface area contributed by atoms with Crippen LogP contribution in [0.25, 0.3) is 0 Å². The number of hydrogen-bond donors (Lipinski definition) is 6. The summed E-state index contributed by atoms with van der Waals surface area (Å²) < 4.78 is 38.5. The van der Waals surface area contributed by atoms with E-state index in [4.69, 9.17) is 44.6 Å². The summed E-state index contributed by atoms with van der Waals surface area (Å²) in [6, 6.07) is 0. The zero-order valence-electron chi connectivity index (χ0n) is 59.0. The molecule has 2 heterocycles. The number of fused-ring (bicyclic) bond motifs is 4. The Morgan fingerprint density at radius 2 is 0.895 bits per heavy atom. The summed E-state index contributed by atoms with van der Waals surface area (Å²) in [5, 5.41) is 27.8. The monoisotopic (exact) mass is 1330 g/mol. The Kier molecular flexibility index (Phi) is 37.6. The molecule has 95 heavy (non-hydrogen) atoms. The molecule has 4 rings (SSSR count). The average Bonchev–Trinajstić information content (AvgIpc) is 1.01. The summed E-state index contributed by atoms with van der Waals surface area (Å²) >= 11 is 0. The van der Waals surface area contributed by atoms with Gasteiger partial charge in [-0.05, 0) is 89.2 Å². The number of Topliss-reactive ketones (excluding diaryl/α,β-unsaturated/α-hetero) is 2. The van der Waals surface area contributed by atoms with Gasteiger partial charge in [0, 0.05) is 80.3 Å². The fraction of sp³-hybridized carbons (Fsp3) is 0.622. The third-order valence-electron chi connectivity index (χ3n) is 17.9. The highest BCUT2D eigenvalue weighted by Gasteiger charge is 2.36. The molecule has 0 spiro atoms. The van der Waals surface area contributed by atoms with Crippen molar-refractivity contribution in [3.05, 3.63) is 117 Å². The van der Waals surface area contributed by atoms with E-state index in [9.17, 15) is 48.6 Å². The lowest BCUT2D eigenvalue weighted by Crippen LogP contribution is -2.37. The van der Waals surface area contributed by atoms with Gasteiger partial charge in [0.2, 0.25) is 17.3 Å². The second-order valence-electron chi connectivity index (χ2n) is 25.8. The van der Waals surface area contributed by atoms with E-state index in [1.807, 2.05) is 20.8 Å². The topological polar surface area (TPSA) is 318 Å². The van der Waals surface area contributed by atoms with Gasteiger partial charge in [0.15, 0.2) is 23.8 Å². The molecule has 0 radical (unpaired) electrons. The first-order chi connectivity index (χ1) is 45.2. The third kappa shape index (κ3) is 27.3. The van der Waals surface area contributed by atoms with Crippen LogP contribution in [0.3, 0.4) is 0 Å². The Morgan fingerprint density at radius 3 is 1.26 bits per heavy atom. The number of allylic oxidation sites excluding steroid dienone is 9. The van der Waals surface area contributed by atoms with Gasteiger partial charge in [-0.2, -0.15) is 0 Å². The molecular weight excluding hydrogens is 1220 g/mol. The van der Waals surface area contributed by atoms with Gasteiger partial charge in [-0.25, -0.2) is 9.59 Å². The first-order valence-corrected chi connectivity index (χ1v) is 33.9. The number of aliphatic hydroxyl groups is 2. The Balaban J connectivity index is 0.000000520. The van der Waals surface area contributed by atoms with Crippen molar-refractivity contribution in [2.75, 3.05) is 35.5 Å². The lowest BCUT2D eigenvalue weighted by molar-refractivity contribution is -0.121. The minimum absolute atomic E-state index is 0.0476. The molecule has 0 aromatic heterocycles. The van der Waals surface area contributed by atoms with Crippen molar-refractivity contribution < 1.29 is 81.7 Å². The normalized spacial score (nSPS) is 29.5. The van der Waals surface area contributed by atoms with Gasteiger partial charge in [-0.1, -0.05) is 173 Å². The van der Waals surface area contributed by atoms with Crippen LogP contribution in [0.5, 0.6) is 0 Å². The van der Waals surface area contributed by atoms with Crippen LogP contribution in [-0.2, 0) is 61.9 Å². The first-order valence-electron chi connectivity index (χ1n) is 33.9. The molecule has 21 heteroatoms. The minimum Gasteiger partial charge on any atom is -0.492 e. The fourth-order valence-electron chi connectivity index (χ4n) is 12.4. The third-order valence-corrected chi connectivity index (χ3v) is 17.9. The summed E-state index contributed by atoms with van der Waals surface area (Å²) in [5.74, 6) is -4.09. The number of amides is 4. The molecular formula is C74H112N4O17. The highest BCUT2D eigenvalue weighted by Crippen LogP contribution is 2.33. The molecule has 0 aromatic rings. The number of aliphatic hydroxyl groups excluding tert-OH is 2. The molecule has 2 aliphatic heterocycles. The molecule has 0 saturated carbocycles. The van der Waals surface area contributed by atoms with Crippen molar-refractivity contribution in [1.82, 2.24) is 10.6 Å². The zero-order valence-corrected chi connectivity index (χ0v) is 59.0. The van der Waals surface area contributed by atoms with Gasteiger partial charge in [-0.15, -0.1) is 0 Å². The number of carbonyl (C=O) groups is 8. The van der Waals surface area contributed by atoms with Gasteiger partial charge < -0.3 is 65.5 Å². The Morgan fingerprint density at radius 1 is 0.526 bits per heavy atom. The molecule has 0 saturated heterocycles. The van der Waals surface area contributed by atoms with Gasteiger partial charge in [-0.3, -0.25) is 28.8 Å². The van der Waals surface area contributed by atoms with Gasteiger partial charge in [0.05, 0.1) is 42.9 Å². The number of unbranched alkanes of at least 4 members (excludes halogenated alkanes) is 14. The second kappa shape index (κ2) is 43.3. The van der Waals surface area contributed by atoms with E-state index in [0.29, 0.717) is 48.0 Å². The van der Waals surface area contributed by atoms with E-state index >= 15 is 0 Å². The van der Waals surface area contributed by atoms with E-state index in [0.717, 1.165) is 25.3 Å². The molecule has 4 amide bonds. The lowest BCUT2D eigenvalue weighted by atomic mass is 9.82. The van der Waals surface area contributed by atoms with E-state index in [1.165, 1.54) is 132 Å². The largest absolute Gasteiger partial charge is 0.492 e. The Bertz CT molecular complexity index is 2930. The van der Waals surface area contributed by atoms with Crippen LogP contribution >= 0.6 is 0 Å². The van der Waals surface area contributed by atoms with Crippen molar-refractivity contribution in [1.29, 1.82) is 0 Å². The molecule has 4 bridgehead atoms. The maximum Gasteiger partial charge on any atom is 0.405 e. The smallest absolute Gasteiger partial charge is 0.405 e. The highest BCUT2D eigenvalue weighted by atomic mass is 16.6. The van der Waals surface area contributed by atoms with Crippen molar-refractivity contribution >= 4 is 47.1 Å². The number of nitrogens with one attached hydrogen (secondary N) is 2. The Labute approximate surface area is 564 Å². The fourth-order valence-corrected chi connectivity index (χ4v) is 12.4. The van der Waals surface area contributed by atoms with Crippen LogP contribution in [0.15, 0.2) is 117 Å². The average molecular weight is 1330 g/mol. The number of nitrogens with two attached hydrogens (primary N) is 2. The molecule has 4 aliphatic rings. The summed E-state index contributed by atoms with van der Waals surface area (Å²) in [7, 11) is 7.20. The molecule has 8 N–H and O–H groups in total. The SMILES string of the molecule is CCCCCCCCCCCCCCCCCC1=C2C[C@@H](C)C[C@H](OC)[C@H](O)[C@@H](C)/C=C(\C)[C@H](OC(N)=O)[C@@H](OC)/C=C\C=C(/C)C(=O)NC(=CC1=O)C2=O.COC1=C2C[C@@H](C)C[C@H](OC)[C@H](O)[C@@H](C)/C=C(\C)[C@H](OC(N)=O)[C@@H](OC)/C=C\C=C(/C)C(=O)NC(=CC1=O)C2=O. The van der Waals surface area contributed by atoms with Crippen LogP contribution in [-0.4, -0.2) is 142 Å². The van der Waals surface area contributed by atoms with E-state index in [1.54, 1.807) is 70.2 Å². The quantitative estimate of drug-likeness (QED) is 0.0314. The van der Waals surface area contributed by atoms with Crippen molar-refractivity contribution in [3.8, 4) is 0 Å². The van der Waals surface area contributed by atoms with Crippen molar-refractivity contribution in [2.45, 2.75) is 240 Å². The number of rotatable bonds is 23. The number of hydrogen-bond acceptors (Lipinski definition) is 17. The van der Waals surface area contributed by atoms with Crippen molar-refractivity contribution in [2.24, 2.45) is 35.1 Å². The van der Waals surface area contributed by atoms with Crippen LogP contribution < -0.4 is 22.1 Å². The van der Waals surface area contributed by atoms with E-state index in [-0.39, 0.29) is 63.7 Å². The predicted octanol–water partition coefficient (Wildman–Crippen LogP) is 11.5. The summed E-state index contributed by atoms with van der Waals surface area (Å²) in [4.78, 5) is 103. The van der Waals surface area contributed by atoms with Gasteiger partial charge in [0.25, 0.3) is 11.8 Å². The first kappa shape index (κ1) is 82.4. The molecule has 2 aliphatic carbocycles. The van der Waals surface area contributed by atoms with E-state index < -0.39 is 96.2 Å². The summed E-state index contributed by atoms with van der Waals surface area (Å²) in [6.07, 6.45) is 27.1. The summed E-state index contributed by atoms with van der Waals surface area (Å²) in [5.41, 5.74) is 13.3. The minimum atomic E-state index is -1.00. The number of ketones is 4. The van der Waals surface area contributed by atoms with Crippen LogP contribution in [0.4, 0.5) is 9.59 Å². The summed E-state index contributed by atoms with van der Waals surface area (Å²) in [6.45, 7) is 16.3. The molecule has 12 atom stereocenters. The Hall–Kier alpha value is -6.88. The molecule has 0 aromatic carbocycles. The predicted molar refractivity (Wildman–Crippen MR) is 366 cm³/mol. The number of methoxy groups -OCH3 is 5. The molecule has 0 unspecified atom stereocenters. The molecule has 21 nitrogen and oxygen atoms in total. The molecule has 530 valence electrons. The maximum atomic E-state index is 14.0. The van der Waals surface area contributed by atoms with E-state index in [2.05, 4.69) is 17.6 Å². The molecule has 0 fully saturated rings. The van der Waals surface area contributed by atoms with Crippen LogP contribution in [0.2, 0.25) is 0 Å².